The van der Waals surface area contributed by atoms with Crippen LogP contribution in [0.4, 0.5) is 0 Å². The van der Waals surface area contributed by atoms with Gasteiger partial charge in [0.1, 0.15) is 0 Å². The molecule has 252 valence electrons. The molecule has 0 heterocycles. The Bertz CT molecular complexity index is 752. The number of carbonyl (C=O) groups is 4. The Morgan fingerprint density at radius 1 is 0.442 bits per heavy atom. The van der Waals surface area contributed by atoms with Gasteiger partial charge in [-0.1, -0.05) is 185 Å². The number of aliphatic carboxylic acids is 4. The fraction of sp³-hybridized carbons (Fsp3) is 0.882. The van der Waals surface area contributed by atoms with E-state index in [1.807, 2.05) is 0 Å². The van der Waals surface area contributed by atoms with Crippen LogP contribution in [0, 0.1) is 10.8 Å². The smallest absolute Gasteiger partial charge is 0.334 e. The van der Waals surface area contributed by atoms with Gasteiger partial charge in [0, 0.05) is 0 Å². The molecular formula is C34H61IO8. The van der Waals surface area contributed by atoms with Crippen molar-refractivity contribution in [3.8, 4) is 0 Å². The molecule has 0 saturated carbocycles. The predicted octanol–water partition coefficient (Wildman–Crippen LogP) is 9.89. The molecule has 9 heteroatoms. The Balaban J connectivity index is 5.44. The van der Waals surface area contributed by atoms with Gasteiger partial charge in [-0.2, -0.15) is 0 Å². The third-order valence-corrected chi connectivity index (χ3v) is 11.8. The van der Waals surface area contributed by atoms with E-state index >= 15 is 0 Å². The van der Waals surface area contributed by atoms with Crippen LogP contribution in [-0.2, 0) is 19.2 Å². The van der Waals surface area contributed by atoms with Crippen molar-refractivity contribution in [1.82, 2.24) is 0 Å². The zero-order valence-corrected chi connectivity index (χ0v) is 29.4. The van der Waals surface area contributed by atoms with Gasteiger partial charge in [0.05, 0.1) is 0 Å². The van der Waals surface area contributed by atoms with Crippen molar-refractivity contribution in [2.45, 2.75) is 178 Å². The van der Waals surface area contributed by atoms with Crippen molar-refractivity contribution in [2.24, 2.45) is 10.8 Å². The summed E-state index contributed by atoms with van der Waals surface area (Å²) in [5.41, 5.74) is -4.89. The number of hydrogen-bond donors (Lipinski definition) is 4. The molecule has 0 fully saturated rings. The summed E-state index contributed by atoms with van der Waals surface area (Å²) < 4.78 is -2.60. The number of carboxylic acids is 4. The van der Waals surface area contributed by atoms with Gasteiger partial charge in [0.15, 0.2) is 3.42 Å². The summed E-state index contributed by atoms with van der Waals surface area (Å²) in [6.45, 7) is 5.99. The number of unbranched alkanes of at least 4 members (excludes halogenated alkanes) is 20. The van der Waals surface area contributed by atoms with E-state index in [-0.39, 0.29) is 12.8 Å². The number of rotatable bonds is 30. The normalized spacial score (nSPS) is 13.5. The van der Waals surface area contributed by atoms with Crippen molar-refractivity contribution in [3.05, 3.63) is 0 Å². The first-order valence-corrected chi connectivity index (χ1v) is 18.1. The van der Waals surface area contributed by atoms with Crippen LogP contribution in [-0.4, -0.2) is 47.7 Å². The molecule has 1 unspecified atom stereocenters. The standard InChI is InChI=1S/C34H61IO8/c1-4-6-8-10-12-14-16-18-20-22-24-26-32(3,27-25-23-21-19-17-15-13-11-9-7-5-2)34(35,31(42)43)33(28(36)37,29(38)39)30(40)41/h4-27H2,1-3H3,(H,36,37)(H,38,39)(H,40,41)(H,42,43). The molecule has 0 aromatic carbocycles. The highest BCUT2D eigenvalue weighted by Crippen LogP contribution is 2.57. The van der Waals surface area contributed by atoms with Crippen LogP contribution >= 0.6 is 22.6 Å². The van der Waals surface area contributed by atoms with E-state index in [1.54, 1.807) is 6.92 Å². The highest BCUT2D eigenvalue weighted by Gasteiger charge is 2.76. The van der Waals surface area contributed by atoms with E-state index in [0.717, 1.165) is 51.4 Å². The SMILES string of the molecule is CCCCCCCCCCCCCC(C)(CCCCCCCCCCCCC)C(I)(C(=O)O)C(C(=O)O)(C(=O)O)C(=O)O. The molecule has 0 aromatic heterocycles. The first-order valence-electron chi connectivity index (χ1n) is 17.0. The summed E-state index contributed by atoms with van der Waals surface area (Å²) in [5.74, 6) is -8.19. The topological polar surface area (TPSA) is 149 Å². The van der Waals surface area contributed by atoms with Crippen LogP contribution in [0.1, 0.15) is 175 Å². The highest BCUT2D eigenvalue weighted by molar-refractivity contribution is 14.1. The molecule has 0 amide bonds. The Hall–Kier alpha value is -1.39. The van der Waals surface area contributed by atoms with Crippen molar-refractivity contribution in [1.29, 1.82) is 0 Å². The highest BCUT2D eigenvalue weighted by atomic mass is 127. The monoisotopic (exact) mass is 724 g/mol. The van der Waals surface area contributed by atoms with Gasteiger partial charge < -0.3 is 20.4 Å². The molecule has 0 aromatic rings. The first kappa shape index (κ1) is 41.6. The van der Waals surface area contributed by atoms with E-state index in [0.29, 0.717) is 12.8 Å². The number of carboxylic acid groups (broad SMARTS) is 4. The van der Waals surface area contributed by atoms with Gasteiger partial charge in [-0.25, -0.2) is 0 Å². The molecule has 0 saturated heterocycles. The van der Waals surface area contributed by atoms with Gasteiger partial charge in [0.25, 0.3) is 5.41 Å². The lowest BCUT2D eigenvalue weighted by molar-refractivity contribution is -0.187. The molecule has 43 heavy (non-hydrogen) atoms. The number of hydrogen-bond acceptors (Lipinski definition) is 4. The molecule has 1 atom stereocenters. The second-order valence-corrected chi connectivity index (χ2v) is 14.4. The van der Waals surface area contributed by atoms with Crippen molar-refractivity contribution in [3.63, 3.8) is 0 Å². The van der Waals surface area contributed by atoms with Crippen LogP contribution in [0.15, 0.2) is 0 Å². The maximum absolute atomic E-state index is 12.8. The average Bonchev–Trinajstić information content (AvgIpc) is 2.94. The molecule has 0 bridgehead atoms. The molecular weight excluding hydrogens is 663 g/mol. The maximum Gasteiger partial charge on any atom is 0.334 e. The Morgan fingerprint density at radius 3 is 0.884 bits per heavy atom. The lowest BCUT2D eigenvalue weighted by Crippen LogP contribution is -2.69. The second kappa shape index (κ2) is 23.0. The van der Waals surface area contributed by atoms with Crippen molar-refractivity contribution in [2.75, 3.05) is 0 Å². The molecule has 0 radical (unpaired) electrons. The Labute approximate surface area is 274 Å². The van der Waals surface area contributed by atoms with Gasteiger partial charge in [-0.15, -0.1) is 0 Å². The number of alkyl halides is 1. The molecule has 0 spiro atoms. The first-order chi connectivity index (χ1) is 20.4. The summed E-state index contributed by atoms with van der Waals surface area (Å²) in [6.07, 6.45) is 24.5. The van der Waals surface area contributed by atoms with Gasteiger partial charge in [0.2, 0.25) is 0 Å². The van der Waals surface area contributed by atoms with Crippen LogP contribution in [0.3, 0.4) is 0 Å². The van der Waals surface area contributed by atoms with Crippen molar-refractivity contribution < 1.29 is 39.6 Å². The van der Waals surface area contributed by atoms with Crippen LogP contribution < -0.4 is 0 Å². The minimum absolute atomic E-state index is 0.243. The van der Waals surface area contributed by atoms with Gasteiger partial charge >= 0.3 is 23.9 Å². The number of halogens is 1. The fourth-order valence-corrected chi connectivity index (χ4v) is 7.65. The summed E-state index contributed by atoms with van der Waals surface area (Å²) in [6, 6.07) is 0. The fourth-order valence-electron chi connectivity index (χ4n) is 6.42. The van der Waals surface area contributed by atoms with E-state index in [4.69, 9.17) is 0 Å². The minimum Gasteiger partial charge on any atom is -0.480 e. The summed E-state index contributed by atoms with van der Waals surface area (Å²) in [7, 11) is 0. The molecule has 0 aliphatic heterocycles. The van der Waals surface area contributed by atoms with Crippen LogP contribution in [0.5, 0.6) is 0 Å². The molecule has 4 N–H and O–H groups in total. The molecule has 0 rings (SSSR count). The summed E-state index contributed by atoms with van der Waals surface area (Å²) in [5, 5.41) is 40.4. The van der Waals surface area contributed by atoms with E-state index in [1.165, 1.54) is 99.6 Å². The van der Waals surface area contributed by atoms with Gasteiger partial charge in [-0.3, -0.25) is 19.2 Å². The van der Waals surface area contributed by atoms with Crippen LogP contribution in [0.25, 0.3) is 0 Å². The molecule has 0 aliphatic rings. The summed E-state index contributed by atoms with van der Waals surface area (Å²) in [4.78, 5) is 50.0. The largest absolute Gasteiger partial charge is 0.480 e. The second-order valence-electron chi connectivity index (χ2n) is 12.8. The lowest BCUT2D eigenvalue weighted by Gasteiger charge is -2.48. The average molecular weight is 725 g/mol. The zero-order valence-electron chi connectivity index (χ0n) is 27.3. The third-order valence-electron chi connectivity index (χ3n) is 9.27. The maximum atomic E-state index is 12.8. The Morgan fingerprint density at radius 2 is 0.674 bits per heavy atom. The van der Waals surface area contributed by atoms with E-state index < -0.39 is 38.1 Å². The summed E-state index contributed by atoms with van der Waals surface area (Å²) >= 11 is 1.35. The molecule has 8 nitrogen and oxygen atoms in total. The zero-order chi connectivity index (χ0) is 32.8. The van der Waals surface area contributed by atoms with Gasteiger partial charge in [-0.05, 0) is 18.3 Å². The Kier molecular flexibility index (Phi) is 22.3. The predicted molar refractivity (Wildman–Crippen MR) is 180 cm³/mol. The lowest BCUT2D eigenvalue weighted by atomic mass is 9.58. The van der Waals surface area contributed by atoms with Crippen LogP contribution in [0.2, 0.25) is 0 Å². The van der Waals surface area contributed by atoms with E-state index in [9.17, 15) is 39.6 Å². The quantitative estimate of drug-likeness (QED) is 0.0248. The minimum atomic E-state index is -3.52. The van der Waals surface area contributed by atoms with Crippen molar-refractivity contribution >= 4 is 46.5 Å². The third kappa shape index (κ3) is 12.9. The molecule has 0 aliphatic carbocycles. The van der Waals surface area contributed by atoms with E-state index in [2.05, 4.69) is 13.8 Å².